The van der Waals surface area contributed by atoms with Crippen molar-refractivity contribution in [3.8, 4) is 0 Å². The summed E-state index contributed by atoms with van der Waals surface area (Å²) in [5.74, 6) is -0.758. The van der Waals surface area contributed by atoms with Crippen LogP contribution >= 0.6 is 22.9 Å². The summed E-state index contributed by atoms with van der Waals surface area (Å²) in [5, 5.41) is 7.99. The number of amides is 1. The topological polar surface area (TPSA) is 94.0 Å². The van der Waals surface area contributed by atoms with Gasteiger partial charge in [-0.3, -0.25) is 4.79 Å². The van der Waals surface area contributed by atoms with E-state index in [0.717, 1.165) is 11.3 Å². The van der Waals surface area contributed by atoms with Crippen LogP contribution in [0.25, 0.3) is 0 Å². The maximum atomic E-state index is 12.0. The van der Waals surface area contributed by atoms with Gasteiger partial charge in [-0.15, -0.1) is 10.2 Å². The van der Waals surface area contributed by atoms with Gasteiger partial charge in [-0.2, -0.15) is 8.42 Å². The van der Waals surface area contributed by atoms with Crippen molar-refractivity contribution in [1.29, 1.82) is 0 Å². The number of nitrogens with one attached hydrogen (secondary N) is 1. The molecule has 108 valence electrons. The lowest BCUT2D eigenvalue weighted by atomic mass is 10.4. The van der Waals surface area contributed by atoms with Gasteiger partial charge in [-0.1, -0.05) is 22.9 Å². The van der Waals surface area contributed by atoms with E-state index < -0.39 is 15.9 Å². The smallest absolute Gasteiger partial charge is 0.293 e. The van der Waals surface area contributed by atoms with Gasteiger partial charge in [0, 0.05) is 12.7 Å². The molecule has 2 aromatic heterocycles. The van der Waals surface area contributed by atoms with Crippen molar-refractivity contribution >= 4 is 38.9 Å². The van der Waals surface area contributed by atoms with Crippen molar-refractivity contribution in [2.45, 2.75) is 24.7 Å². The molecule has 0 saturated heterocycles. The molecular formula is C10H11ClN4O3S2. The summed E-state index contributed by atoms with van der Waals surface area (Å²) in [7, 11) is -4.01. The van der Waals surface area contributed by atoms with Crippen LogP contribution in [-0.4, -0.2) is 29.1 Å². The summed E-state index contributed by atoms with van der Waals surface area (Å²) in [6, 6.07) is 1.40. The fourth-order valence-corrected chi connectivity index (χ4v) is 3.68. The molecule has 0 bridgehead atoms. The third-order valence-corrected chi connectivity index (χ3v) is 5.14. The maximum Gasteiger partial charge on any atom is 0.293 e. The van der Waals surface area contributed by atoms with Crippen LogP contribution in [-0.2, 0) is 16.6 Å². The number of hydrogen-bond donors (Lipinski definition) is 1. The van der Waals surface area contributed by atoms with Gasteiger partial charge in [0.1, 0.15) is 10.7 Å². The van der Waals surface area contributed by atoms with Crippen LogP contribution in [0.15, 0.2) is 16.6 Å². The first kappa shape index (κ1) is 14.9. The number of halogens is 1. The first-order chi connectivity index (χ1) is 9.33. The van der Waals surface area contributed by atoms with Gasteiger partial charge in [0.25, 0.3) is 20.3 Å². The summed E-state index contributed by atoms with van der Waals surface area (Å²) >= 11 is 6.70. The zero-order valence-corrected chi connectivity index (χ0v) is 13.0. The highest BCUT2D eigenvalue weighted by atomic mass is 35.5. The zero-order chi connectivity index (χ0) is 14.9. The van der Waals surface area contributed by atoms with Crippen molar-refractivity contribution in [2.24, 2.45) is 0 Å². The van der Waals surface area contributed by atoms with Gasteiger partial charge in [0.2, 0.25) is 0 Å². The van der Waals surface area contributed by atoms with Crippen molar-refractivity contribution in [1.82, 2.24) is 19.5 Å². The number of aromatic nitrogens is 3. The molecule has 20 heavy (non-hydrogen) atoms. The number of sulfonamides is 1. The molecule has 0 aliphatic heterocycles. The molecule has 0 fully saturated rings. The molecule has 0 aromatic carbocycles. The Labute approximate surface area is 124 Å². The summed E-state index contributed by atoms with van der Waals surface area (Å²) in [4.78, 5) is 12.0. The Balaban J connectivity index is 2.27. The number of carbonyl (C=O) groups is 1. The third kappa shape index (κ3) is 3.00. The van der Waals surface area contributed by atoms with E-state index in [1.165, 1.54) is 6.07 Å². The first-order valence-electron chi connectivity index (χ1n) is 5.56. The van der Waals surface area contributed by atoms with Crippen LogP contribution in [0.5, 0.6) is 0 Å². The van der Waals surface area contributed by atoms with E-state index in [2.05, 4.69) is 10.2 Å². The molecule has 0 unspecified atom stereocenters. The van der Waals surface area contributed by atoms with E-state index in [-0.39, 0.29) is 10.0 Å². The van der Waals surface area contributed by atoms with Crippen molar-refractivity contribution in [3.05, 3.63) is 28.0 Å². The molecule has 0 aliphatic rings. The van der Waals surface area contributed by atoms with Crippen molar-refractivity contribution in [3.63, 3.8) is 0 Å². The Morgan fingerprint density at radius 2 is 2.20 bits per heavy atom. The lowest BCUT2D eigenvalue weighted by Crippen LogP contribution is -2.32. The molecular weight excluding hydrogens is 324 g/mol. The second kappa shape index (κ2) is 5.51. The monoisotopic (exact) mass is 334 g/mol. The second-order valence-corrected chi connectivity index (χ2v) is 7.33. The molecule has 2 heterocycles. The Bertz CT molecular complexity index is 750. The van der Waals surface area contributed by atoms with Crippen molar-refractivity contribution < 1.29 is 13.2 Å². The summed E-state index contributed by atoms with van der Waals surface area (Å²) < 4.78 is 27.2. The highest BCUT2D eigenvalue weighted by molar-refractivity contribution is 7.92. The summed E-state index contributed by atoms with van der Waals surface area (Å²) in [5.41, 5.74) is 0.169. The summed E-state index contributed by atoms with van der Waals surface area (Å²) in [6.07, 6.45) is 1.55. The number of hydrogen-bond acceptors (Lipinski definition) is 6. The molecule has 7 nitrogen and oxygen atoms in total. The van der Waals surface area contributed by atoms with Crippen LogP contribution in [0, 0.1) is 6.92 Å². The lowest BCUT2D eigenvalue weighted by Gasteiger charge is -2.06. The molecule has 10 heteroatoms. The predicted octanol–water partition coefficient (Wildman–Crippen LogP) is 1.44. The average Bonchev–Trinajstić information content (AvgIpc) is 2.95. The van der Waals surface area contributed by atoms with Gasteiger partial charge < -0.3 is 4.57 Å². The average molecular weight is 335 g/mol. The van der Waals surface area contributed by atoms with Crippen LogP contribution in [0.3, 0.4) is 0 Å². The lowest BCUT2D eigenvalue weighted by molar-refractivity contribution is 0.0972. The normalized spacial score (nSPS) is 11.6. The Morgan fingerprint density at radius 1 is 1.50 bits per heavy atom. The number of carbonyl (C=O) groups excluding carboxylic acids is 1. The van der Waals surface area contributed by atoms with E-state index in [0.29, 0.717) is 16.6 Å². The highest BCUT2D eigenvalue weighted by Crippen LogP contribution is 2.17. The minimum absolute atomic E-state index is 0.169. The van der Waals surface area contributed by atoms with Crippen LogP contribution in [0.2, 0.25) is 5.02 Å². The van der Waals surface area contributed by atoms with Gasteiger partial charge in [-0.25, -0.2) is 4.72 Å². The molecule has 0 saturated carbocycles. The van der Waals surface area contributed by atoms with Crippen molar-refractivity contribution in [2.75, 3.05) is 0 Å². The Morgan fingerprint density at radius 3 is 2.75 bits per heavy atom. The zero-order valence-electron chi connectivity index (χ0n) is 10.6. The quantitative estimate of drug-likeness (QED) is 0.913. The van der Waals surface area contributed by atoms with Crippen LogP contribution in [0.4, 0.5) is 0 Å². The fourth-order valence-electron chi connectivity index (χ4n) is 1.53. The fraction of sp³-hybridized carbons (Fsp3) is 0.300. The van der Waals surface area contributed by atoms with Gasteiger partial charge in [0.15, 0.2) is 0 Å². The SMILES string of the molecule is CCn1cc(Cl)cc1C(=O)NS(=O)(=O)c1nnc(C)s1. The first-order valence-corrected chi connectivity index (χ1v) is 8.24. The van der Waals surface area contributed by atoms with Crippen LogP contribution in [0.1, 0.15) is 22.4 Å². The standard InChI is InChI=1S/C10H11ClN4O3S2/c1-3-15-5-7(11)4-8(15)9(16)14-20(17,18)10-13-12-6(2)19-10/h4-5H,3H2,1-2H3,(H,14,16). The third-order valence-electron chi connectivity index (χ3n) is 2.40. The van der Waals surface area contributed by atoms with Gasteiger partial charge in [-0.05, 0) is 19.9 Å². The molecule has 1 amide bonds. The molecule has 0 spiro atoms. The molecule has 0 radical (unpaired) electrons. The van der Waals surface area contributed by atoms with Crippen LogP contribution < -0.4 is 4.72 Å². The largest absolute Gasteiger partial charge is 0.342 e. The minimum atomic E-state index is -4.01. The Hall–Kier alpha value is -1.45. The van der Waals surface area contributed by atoms with E-state index in [9.17, 15) is 13.2 Å². The number of aryl methyl sites for hydroxylation is 2. The molecule has 2 aromatic rings. The molecule has 2 rings (SSSR count). The number of nitrogens with zero attached hydrogens (tertiary/aromatic N) is 3. The number of rotatable bonds is 4. The highest BCUT2D eigenvalue weighted by Gasteiger charge is 2.24. The van der Waals surface area contributed by atoms with E-state index >= 15 is 0 Å². The minimum Gasteiger partial charge on any atom is -0.342 e. The van der Waals surface area contributed by atoms with Gasteiger partial charge >= 0.3 is 0 Å². The van der Waals surface area contributed by atoms with E-state index in [4.69, 9.17) is 11.6 Å². The predicted molar refractivity (Wildman–Crippen MR) is 74.4 cm³/mol. The molecule has 1 N–H and O–H groups in total. The second-order valence-electron chi connectivity index (χ2n) is 3.85. The Kier molecular flexibility index (Phi) is 4.11. The van der Waals surface area contributed by atoms with E-state index in [1.807, 2.05) is 11.6 Å². The van der Waals surface area contributed by atoms with E-state index in [1.54, 1.807) is 17.7 Å². The summed E-state index contributed by atoms with van der Waals surface area (Å²) in [6.45, 7) is 3.93. The molecule has 0 atom stereocenters. The molecule has 0 aliphatic carbocycles. The maximum absolute atomic E-state index is 12.0. The van der Waals surface area contributed by atoms with Gasteiger partial charge in [0.05, 0.1) is 5.02 Å².